The lowest BCUT2D eigenvalue weighted by molar-refractivity contribution is -0.153. The Labute approximate surface area is 241 Å². The zero-order chi connectivity index (χ0) is 29.5. The molecule has 1 aliphatic heterocycles. The van der Waals surface area contributed by atoms with Crippen LogP contribution in [0, 0.1) is 12.8 Å². The minimum atomic E-state index is -4.64. The van der Waals surface area contributed by atoms with Gasteiger partial charge in [-0.05, 0) is 55.5 Å². The van der Waals surface area contributed by atoms with Gasteiger partial charge < -0.3 is 14.7 Å². The predicted octanol–water partition coefficient (Wildman–Crippen LogP) is 7.08. The molecule has 0 bridgehead atoms. The summed E-state index contributed by atoms with van der Waals surface area (Å²) in [5.74, 6) is -1.22. The van der Waals surface area contributed by atoms with Crippen LogP contribution < -0.4 is 9.64 Å². The molecule has 1 N–H and O–H groups in total. The van der Waals surface area contributed by atoms with Crippen LogP contribution in [0.15, 0.2) is 53.4 Å². The summed E-state index contributed by atoms with van der Waals surface area (Å²) in [7, 11) is -2.54. The highest BCUT2D eigenvalue weighted by atomic mass is 32.2. The quantitative estimate of drug-likeness (QED) is 0.322. The van der Waals surface area contributed by atoms with Gasteiger partial charge in [0.15, 0.2) is 6.61 Å². The molecular formula is C29H31F3N2O5S2. The van der Waals surface area contributed by atoms with Crippen LogP contribution in [0.25, 0.3) is 10.4 Å². The monoisotopic (exact) mass is 608 g/mol. The number of nitrogens with zero attached hydrogens (tertiary/aromatic N) is 2. The molecule has 2 aliphatic rings. The van der Waals surface area contributed by atoms with Crippen molar-refractivity contribution in [2.24, 2.45) is 5.92 Å². The fourth-order valence-corrected chi connectivity index (χ4v) is 8.45. The first-order valence-electron chi connectivity index (χ1n) is 13.4. The summed E-state index contributed by atoms with van der Waals surface area (Å²) in [5.41, 5.74) is 1.43. The zero-order valence-corrected chi connectivity index (χ0v) is 24.3. The third-order valence-corrected chi connectivity index (χ3v) is 11.0. The lowest BCUT2D eigenvalue weighted by atomic mass is 9.83. The maximum Gasteiger partial charge on any atom is 0.422 e. The number of hydrogen-bond donors (Lipinski definition) is 1. The molecule has 0 saturated heterocycles. The minimum Gasteiger partial charge on any atom is -0.483 e. The second-order valence-electron chi connectivity index (χ2n) is 10.6. The molecule has 5 rings (SSSR count). The first-order chi connectivity index (χ1) is 19.4. The highest BCUT2D eigenvalue weighted by Crippen LogP contribution is 2.47. The lowest BCUT2D eigenvalue weighted by Crippen LogP contribution is -2.46. The van der Waals surface area contributed by atoms with E-state index in [9.17, 15) is 31.5 Å². The normalized spacial score (nSPS) is 19.9. The number of sulfonamides is 1. The van der Waals surface area contributed by atoms with Gasteiger partial charge in [-0.25, -0.2) is 13.2 Å². The van der Waals surface area contributed by atoms with Crippen LogP contribution in [0.2, 0.25) is 0 Å². The molecule has 1 saturated carbocycles. The second-order valence-corrected chi connectivity index (χ2v) is 13.6. The van der Waals surface area contributed by atoms with Gasteiger partial charge in [-0.1, -0.05) is 37.5 Å². The number of likely N-dealkylation sites (N-methyl/N-ethyl adjacent to an activating group) is 1. The molecule has 2 aromatic carbocycles. The summed E-state index contributed by atoms with van der Waals surface area (Å²) in [6.07, 6.45) is 0.263. The molecule has 7 nitrogen and oxygen atoms in total. The van der Waals surface area contributed by atoms with Crippen LogP contribution >= 0.6 is 11.3 Å². The van der Waals surface area contributed by atoms with Gasteiger partial charge in [0.05, 0.1) is 5.69 Å². The van der Waals surface area contributed by atoms with Gasteiger partial charge >= 0.3 is 12.1 Å². The van der Waals surface area contributed by atoms with E-state index >= 15 is 0 Å². The van der Waals surface area contributed by atoms with Crippen molar-refractivity contribution in [1.29, 1.82) is 0 Å². The van der Waals surface area contributed by atoms with Gasteiger partial charge in [0.25, 0.3) is 0 Å². The molecule has 0 radical (unpaired) electrons. The van der Waals surface area contributed by atoms with Gasteiger partial charge in [-0.15, -0.1) is 11.3 Å². The zero-order valence-electron chi connectivity index (χ0n) is 22.6. The summed E-state index contributed by atoms with van der Waals surface area (Å²) >= 11 is 0.863. The van der Waals surface area contributed by atoms with Crippen molar-refractivity contribution in [2.75, 3.05) is 25.1 Å². The van der Waals surface area contributed by atoms with Gasteiger partial charge in [-0.2, -0.15) is 17.5 Å². The fraction of sp³-hybridized carbons (Fsp3) is 0.414. The highest BCUT2D eigenvalue weighted by molar-refractivity contribution is 7.89. The molecule has 1 fully saturated rings. The van der Waals surface area contributed by atoms with Crippen molar-refractivity contribution in [3.05, 3.63) is 59.0 Å². The van der Waals surface area contributed by atoms with E-state index in [4.69, 9.17) is 4.74 Å². The molecule has 3 aromatic rings. The van der Waals surface area contributed by atoms with E-state index in [0.717, 1.165) is 43.4 Å². The highest BCUT2D eigenvalue weighted by Gasteiger charge is 2.41. The molecule has 41 heavy (non-hydrogen) atoms. The fourth-order valence-electron chi connectivity index (χ4n) is 5.82. The number of ether oxygens (including phenoxy) is 1. The third-order valence-electron chi connectivity index (χ3n) is 7.88. The summed E-state index contributed by atoms with van der Waals surface area (Å²) in [6, 6.07) is 13.0. The molecule has 1 aromatic heterocycles. The van der Waals surface area contributed by atoms with Gasteiger partial charge in [0, 0.05) is 41.8 Å². The van der Waals surface area contributed by atoms with E-state index in [1.54, 1.807) is 14.0 Å². The number of fused-ring (bicyclic) bond motifs is 1. The van der Waals surface area contributed by atoms with E-state index in [1.807, 2.05) is 35.2 Å². The SMILES string of the molecule is Cc1cc(-c2cc3c(cc2OCC(F)(F)F)N(c2ccccc2)C[C@@H](C2CCCCC2)N(C)S3(=O)=O)sc1C(=O)O. The number of carbonyl (C=O) groups is 1. The van der Waals surface area contributed by atoms with Crippen molar-refractivity contribution in [3.8, 4) is 16.2 Å². The maximum atomic E-state index is 14.2. The summed E-state index contributed by atoms with van der Waals surface area (Å²) in [5, 5.41) is 9.59. The number of halogens is 3. The van der Waals surface area contributed by atoms with Crippen LogP contribution in [-0.2, 0) is 10.0 Å². The first kappa shape index (κ1) is 29.4. The van der Waals surface area contributed by atoms with Gasteiger partial charge in [0.1, 0.15) is 15.5 Å². The molecule has 2 heterocycles. The number of hydrogen-bond acceptors (Lipinski definition) is 6. The number of aryl methyl sites for hydroxylation is 1. The van der Waals surface area contributed by atoms with E-state index in [1.165, 1.54) is 22.5 Å². The number of aromatic carboxylic acids is 1. The molecule has 12 heteroatoms. The first-order valence-corrected chi connectivity index (χ1v) is 15.6. The van der Waals surface area contributed by atoms with E-state index < -0.39 is 28.8 Å². The Hall–Kier alpha value is -3.09. The van der Waals surface area contributed by atoms with Crippen LogP contribution in [0.1, 0.15) is 47.3 Å². The van der Waals surface area contributed by atoms with Crippen LogP contribution in [-0.4, -0.2) is 56.2 Å². The Morgan fingerprint density at radius 3 is 2.39 bits per heavy atom. The number of para-hydroxylation sites is 1. The second kappa shape index (κ2) is 11.3. The summed E-state index contributed by atoms with van der Waals surface area (Å²) in [6.45, 7) is 0.313. The average molecular weight is 609 g/mol. The topological polar surface area (TPSA) is 87.2 Å². The summed E-state index contributed by atoms with van der Waals surface area (Å²) < 4.78 is 75.1. The van der Waals surface area contributed by atoms with Crippen molar-refractivity contribution in [2.45, 2.75) is 56.1 Å². The van der Waals surface area contributed by atoms with E-state index in [-0.39, 0.29) is 38.7 Å². The number of rotatable bonds is 6. The molecule has 1 aliphatic carbocycles. The molecule has 0 amide bonds. The number of benzene rings is 2. The van der Waals surface area contributed by atoms with Crippen LogP contribution in [0.4, 0.5) is 24.5 Å². The average Bonchev–Trinajstić information content (AvgIpc) is 3.30. The largest absolute Gasteiger partial charge is 0.483 e. The van der Waals surface area contributed by atoms with Crippen LogP contribution in [0.5, 0.6) is 5.75 Å². The molecule has 0 unspecified atom stereocenters. The molecule has 0 spiro atoms. The lowest BCUT2D eigenvalue weighted by Gasteiger charge is -2.36. The Bertz CT molecular complexity index is 1530. The number of anilines is 2. The van der Waals surface area contributed by atoms with Gasteiger partial charge in [-0.3, -0.25) is 0 Å². The summed E-state index contributed by atoms with van der Waals surface area (Å²) in [4.78, 5) is 13.8. The molecular weight excluding hydrogens is 577 g/mol. The maximum absolute atomic E-state index is 14.2. The number of alkyl halides is 3. The smallest absolute Gasteiger partial charge is 0.422 e. The predicted molar refractivity (Wildman–Crippen MR) is 152 cm³/mol. The molecule has 220 valence electrons. The number of carboxylic acid groups (broad SMARTS) is 1. The van der Waals surface area contributed by atoms with Crippen molar-refractivity contribution in [1.82, 2.24) is 4.31 Å². The Morgan fingerprint density at radius 1 is 1.10 bits per heavy atom. The van der Waals surface area contributed by atoms with Crippen molar-refractivity contribution >= 4 is 38.7 Å². The Balaban J connectivity index is 1.74. The number of thiophene rings is 1. The van der Waals surface area contributed by atoms with Crippen molar-refractivity contribution in [3.63, 3.8) is 0 Å². The Morgan fingerprint density at radius 2 is 1.78 bits per heavy atom. The van der Waals surface area contributed by atoms with Gasteiger partial charge in [0.2, 0.25) is 10.0 Å². The standard InChI is InChI=1S/C29H31F3N2O5S2/c1-18-13-25(40-27(18)28(35)36)21-14-26-22(15-24(21)39-17-29(30,31)32)34(20-11-7-4-8-12-20)16-23(33(2)41(26,37)38)19-9-5-3-6-10-19/h4,7-8,11-15,19,23H,3,5-6,9-10,16-17H2,1-2H3,(H,35,36)/t23-/m0/s1. The minimum absolute atomic E-state index is 0.0139. The third kappa shape index (κ3) is 5.96. The van der Waals surface area contributed by atoms with E-state index in [2.05, 4.69) is 0 Å². The molecule has 1 atom stereocenters. The van der Waals surface area contributed by atoms with Crippen molar-refractivity contribution < 1.29 is 36.2 Å². The van der Waals surface area contributed by atoms with Crippen LogP contribution in [0.3, 0.4) is 0 Å². The van der Waals surface area contributed by atoms with E-state index in [0.29, 0.717) is 22.7 Å². The number of carboxylic acids is 1. The Kier molecular flexibility index (Phi) is 8.10.